The van der Waals surface area contributed by atoms with E-state index in [2.05, 4.69) is 10.2 Å². The van der Waals surface area contributed by atoms with Gasteiger partial charge in [0, 0.05) is 18.8 Å². The third-order valence-corrected chi connectivity index (χ3v) is 5.54. The number of fused-ring (bicyclic) bond motifs is 1. The second-order valence-electron chi connectivity index (χ2n) is 6.53. The molecule has 3 aliphatic rings. The Balaban J connectivity index is 1.64. The quantitative estimate of drug-likeness (QED) is 0.796. The molecule has 6 nitrogen and oxygen atoms in total. The van der Waals surface area contributed by atoms with E-state index in [1.165, 1.54) is 0 Å². The minimum absolute atomic E-state index is 0.0162. The molecule has 1 spiro atoms. The van der Waals surface area contributed by atoms with Gasteiger partial charge in [-0.3, -0.25) is 14.8 Å². The summed E-state index contributed by atoms with van der Waals surface area (Å²) in [6.45, 7) is 0. The minimum Gasteiger partial charge on any atom is -0.313 e. The van der Waals surface area contributed by atoms with Crippen molar-refractivity contribution >= 4 is 11.9 Å². The lowest BCUT2D eigenvalue weighted by Gasteiger charge is -2.29. The number of H-pyrrole nitrogens is 1. The van der Waals surface area contributed by atoms with Gasteiger partial charge in [0.1, 0.15) is 5.54 Å². The number of rotatable bonds is 1. The zero-order valence-corrected chi connectivity index (χ0v) is 12.3. The molecular formula is C15H20N4O2. The second-order valence-corrected chi connectivity index (χ2v) is 6.53. The summed E-state index contributed by atoms with van der Waals surface area (Å²) in [4.78, 5) is 28.8. The van der Waals surface area contributed by atoms with E-state index < -0.39 is 5.54 Å². The average molecular weight is 288 g/mol. The number of hydrogen-bond acceptors (Lipinski definition) is 3. The molecule has 0 radical (unpaired) electrons. The molecule has 2 aliphatic carbocycles. The first-order chi connectivity index (χ1) is 10.1. The fraction of sp³-hybridized carbons (Fsp3) is 0.667. The third-order valence-electron chi connectivity index (χ3n) is 5.54. The molecule has 2 fully saturated rings. The van der Waals surface area contributed by atoms with Crippen LogP contribution in [0.3, 0.4) is 0 Å². The number of carbonyl (C=O) groups excluding carboxylic acids is 2. The number of likely N-dealkylation sites (N-methyl/N-ethyl adjacent to an activating group) is 1. The number of carbonyl (C=O) groups is 2. The van der Waals surface area contributed by atoms with Gasteiger partial charge in [-0.15, -0.1) is 0 Å². The number of imide groups is 1. The molecule has 112 valence electrons. The van der Waals surface area contributed by atoms with E-state index in [9.17, 15) is 9.59 Å². The summed E-state index contributed by atoms with van der Waals surface area (Å²) < 4.78 is 0. The maximum absolute atomic E-state index is 12.9. The number of nitrogens with zero attached hydrogens (tertiary/aromatic N) is 3. The molecule has 1 saturated heterocycles. The van der Waals surface area contributed by atoms with Crippen LogP contribution in [0, 0.1) is 0 Å². The molecule has 1 atom stereocenters. The fourth-order valence-corrected chi connectivity index (χ4v) is 4.25. The van der Waals surface area contributed by atoms with Crippen LogP contribution < -0.4 is 0 Å². The second kappa shape index (κ2) is 4.32. The SMILES string of the molecule is CN1C(=O)N(C2CCc3[nH]ncc3C2)C(=O)C12CCCC2. The van der Waals surface area contributed by atoms with Crippen molar-refractivity contribution in [1.29, 1.82) is 0 Å². The Morgan fingerprint density at radius 3 is 2.86 bits per heavy atom. The molecule has 21 heavy (non-hydrogen) atoms. The molecule has 1 aromatic rings. The summed E-state index contributed by atoms with van der Waals surface area (Å²) in [5.41, 5.74) is 1.74. The van der Waals surface area contributed by atoms with Gasteiger partial charge in [-0.05, 0) is 37.7 Å². The van der Waals surface area contributed by atoms with Crippen molar-refractivity contribution in [3.63, 3.8) is 0 Å². The van der Waals surface area contributed by atoms with Gasteiger partial charge in [0.15, 0.2) is 0 Å². The highest BCUT2D eigenvalue weighted by Gasteiger charge is 2.58. The molecule has 0 bridgehead atoms. The van der Waals surface area contributed by atoms with E-state index >= 15 is 0 Å². The molecule has 1 saturated carbocycles. The lowest BCUT2D eigenvalue weighted by molar-refractivity contribution is -0.134. The Labute approximate surface area is 123 Å². The number of hydrogen-bond donors (Lipinski definition) is 1. The maximum atomic E-state index is 12.9. The van der Waals surface area contributed by atoms with E-state index in [4.69, 9.17) is 0 Å². The van der Waals surface area contributed by atoms with Gasteiger partial charge in [-0.25, -0.2) is 4.79 Å². The zero-order valence-electron chi connectivity index (χ0n) is 12.3. The summed E-state index contributed by atoms with van der Waals surface area (Å²) >= 11 is 0. The zero-order chi connectivity index (χ0) is 14.6. The van der Waals surface area contributed by atoms with Crippen molar-refractivity contribution in [2.75, 3.05) is 7.05 Å². The minimum atomic E-state index is -0.548. The van der Waals surface area contributed by atoms with Gasteiger partial charge in [0.05, 0.1) is 6.20 Å². The van der Waals surface area contributed by atoms with Crippen LogP contribution in [0.1, 0.15) is 43.4 Å². The van der Waals surface area contributed by atoms with Crippen molar-refractivity contribution < 1.29 is 9.59 Å². The van der Waals surface area contributed by atoms with Crippen LogP contribution in [0.2, 0.25) is 0 Å². The Hall–Kier alpha value is -1.85. The smallest absolute Gasteiger partial charge is 0.313 e. The molecule has 1 N–H and O–H groups in total. The Bertz CT molecular complexity index is 603. The molecule has 1 aromatic heterocycles. The van der Waals surface area contributed by atoms with Crippen molar-refractivity contribution in [3.05, 3.63) is 17.5 Å². The Morgan fingerprint density at radius 2 is 2.10 bits per heavy atom. The number of nitrogens with one attached hydrogen (secondary N) is 1. The van der Waals surface area contributed by atoms with Crippen LogP contribution in [0.4, 0.5) is 4.79 Å². The van der Waals surface area contributed by atoms with Crippen molar-refractivity contribution in [1.82, 2.24) is 20.0 Å². The molecular weight excluding hydrogens is 268 g/mol. The summed E-state index contributed by atoms with van der Waals surface area (Å²) in [7, 11) is 1.79. The van der Waals surface area contributed by atoms with Crippen LogP contribution in [0.5, 0.6) is 0 Å². The van der Waals surface area contributed by atoms with E-state index in [1.807, 2.05) is 6.20 Å². The first-order valence-electron chi connectivity index (χ1n) is 7.76. The highest BCUT2D eigenvalue weighted by molar-refractivity contribution is 6.07. The number of aromatic nitrogens is 2. The highest BCUT2D eigenvalue weighted by Crippen LogP contribution is 2.42. The van der Waals surface area contributed by atoms with Crippen LogP contribution in [-0.2, 0) is 17.6 Å². The summed E-state index contributed by atoms with van der Waals surface area (Å²) in [5.74, 6) is 0.0319. The molecule has 6 heteroatoms. The number of aromatic amines is 1. The van der Waals surface area contributed by atoms with Crippen LogP contribution in [-0.4, -0.2) is 50.6 Å². The van der Waals surface area contributed by atoms with Gasteiger partial charge in [0.2, 0.25) is 0 Å². The standard InChI is InChI=1S/C15H20N4O2/c1-18-14(21)19(13(20)15(18)6-2-3-7-15)11-4-5-12-10(8-11)9-16-17-12/h9,11H,2-8H2,1H3,(H,16,17). The van der Waals surface area contributed by atoms with Gasteiger partial charge >= 0.3 is 6.03 Å². The number of aryl methyl sites for hydroxylation is 1. The molecule has 1 unspecified atom stereocenters. The normalized spacial score (nSPS) is 27.8. The van der Waals surface area contributed by atoms with Crippen LogP contribution >= 0.6 is 0 Å². The fourth-order valence-electron chi connectivity index (χ4n) is 4.25. The molecule has 2 heterocycles. The van der Waals surface area contributed by atoms with E-state index in [0.717, 1.165) is 56.2 Å². The van der Waals surface area contributed by atoms with Gasteiger partial charge in [-0.1, -0.05) is 12.8 Å². The first kappa shape index (κ1) is 12.9. The van der Waals surface area contributed by atoms with E-state index in [-0.39, 0.29) is 18.0 Å². The predicted octanol–water partition coefficient (Wildman–Crippen LogP) is 1.47. The molecule has 3 amide bonds. The lowest BCUT2D eigenvalue weighted by atomic mass is 9.91. The Morgan fingerprint density at radius 1 is 1.33 bits per heavy atom. The molecule has 4 rings (SSSR count). The summed E-state index contributed by atoms with van der Waals surface area (Å²) in [6.07, 6.45) is 7.93. The van der Waals surface area contributed by atoms with Crippen molar-refractivity contribution in [3.8, 4) is 0 Å². The van der Waals surface area contributed by atoms with Gasteiger partial charge in [-0.2, -0.15) is 5.10 Å². The maximum Gasteiger partial charge on any atom is 0.327 e. The van der Waals surface area contributed by atoms with Crippen LogP contribution in [0.25, 0.3) is 0 Å². The van der Waals surface area contributed by atoms with Gasteiger partial charge in [0.25, 0.3) is 5.91 Å². The molecule has 0 aromatic carbocycles. The topological polar surface area (TPSA) is 69.3 Å². The van der Waals surface area contributed by atoms with E-state index in [0.29, 0.717) is 0 Å². The predicted molar refractivity (Wildman–Crippen MR) is 75.6 cm³/mol. The third kappa shape index (κ3) is 1.61. The van der Waals surface area contributed by atoms with Crippen LogP contribution in [0.15, 0.2) is 6.20 Å². The summed E-state index contributed by atoms with van der Waals surface area (Å²) in [6, 6.07) is -0.128. The number of urea groups is 1. The lowest BCUT2D eigenvalue weighted by Crippen LogP contribution is -2.47. The van der Waals surface area contributed by atoms with Crippen molar-refractivity contribution in [2.45, 2.75) is 56.5 Å². The number of amides is 3. The first-order valence-corrected chi connectivity index (χ1v) is 7.76. The average Bonchev–Trinajstić information content (AvgIpc) is 3.18. The monoisotopic (exact) mass is 288 g/mol. The summed E-state index contributed by atoms with van der Waals surface area (Å²) in [5, 5.41) is 7.06. The molecule has 1 aliphatic heterocycles. The van der Waals surface area contributed by atoms with Crippen molar-refractivity contribution in [2.24, 2.45) is 0 Å². The highest BCUT2D eigenvalue weighted by atomic mass is 16.2. The van der Waals surface area contributed by atoms with E-state index in [1.54, 1.807) is 16.8 Å². The van der Waals surface area contributed by atoms with Gasteiger partial charge < -0.3 is 4.90 Å². The Kier molecular flexibility index (Phi) is 2.65. The largest absolute Gasteiger partial charge is 0.327 e.